The fourth-order valence-corrected chi connectivity index (χ4v) is 5.10. The van der Waals surface area contributed by atoms with Gasteiger partial charge < -0.3 is 19.6 Å². The van der Waals surface area contributed by atoms with E-state index in [9.17, 15) is 0 Å². The molecule has 34 heavy (non-hydrogen) atoms. The molecule has 0 aliphatic carbocycles. The van der Waals surface area contributed by atoms with E-state index in [1.807, 2.05) is 0 Å². The summed E-state index contributed by atoms with van der Waals surface area (Å²) in [5, 5.41) is 0. The van der Waals surface area contributed by atoms with E-state index in [2.05, 4.69) is 145 Å². The van der Waals surface area contributed by atoms with Crippen LogP contribution in [0.1, 0.15) is 13.8 Å². The van der Waals surface area contributed by atoms with Crippen molar-refractivity contribution in [2.45, 2.75) is 13.8 Å². The van der Waals surface area contributed by atoms with Crippen LogP contribution in [0.25, 0.3) is 0 Å². The van der Waals surface area contributed by atoms with Crippen molar-refractivity contribution in [1.82, 2.24) is 0 Å². The first-order valence-corrected chi connectivity index (χ1v) is 12.0. The van der Waals surface area contributed by atoms with Gasteiger partial charge in [0.2, 0.25) is 0 Å². The van der Waals surface area contributed by atoms with Crippen LogP contribution in [0.4, 0.5) is 45.5 Å². The van der Waals surface area contributed by atoms with Crippen LogP contribution in [0.2, 0.25) is 0 Å². The maximum atomic E-state index is 2.39. The lowest BCUT2D eigenvalue weighted by molar-refractivity contribution is 0.947. The van der Waals surface area contributed by atoms with Gasteiger partial charge in [-0.15, -0.1) is 0 Å². The Morgan fingerprint density at radius 1 is 0.382 bits per heavy atom. The zero-order valence-electron chi connectivity index (χ0n) is 20.4. The van der Waals surface area contributed by atoms with Crippen molar-refractivity contribution in [3.8, 4) is 0 Å². The summed E-state index contributed by atoms with van der Waals surface area (Å²) in [5.41, 5.74) is 10.2. The summed E-state index contributed by atoms with van der Waals surface area (Å²) in [6.07, 6.45) is 0. The van der Waals surface area contributed by atoms with E-state index in [0.29, 0.717) is 0 Å². The van der Waals surface area contributed by atoms with Crippen molar-refractivity contribution in [2.24, 2.45) is 0 Å². The molecule has 172 valence electrons. The summed E-state index contributed by atoms with van der Waals surface area (Å²) in [6.45, 7) is 6.39. The largest absolute Gasteiger partial charge is 0.341 e. The van der Waals surface area contributed by atoms with Crippen LogP contribution in [0, 0.1) is 0 Å². The number of hydrogen-bond acceptors (Lipinski definition) is 4. The SMILES string of the molecule is CCN1c2ccccc2N(CC)c2ccccc21.CN1c2ccccc2N(C)c2ccccc21. The molecule has 0 saturated carbocycles. The molecule has 0 N–H and O–H groups in total. The van der Waals surface area contributed by atoms with Crippen LogP contribution in [-0.4, -0.2) is 27.2 Å². The van der Waals surface area contributed by atoms with E-state index in [-0.39, 0.29) is 0 Å². The average molecular weight is 449 g/mol. The predicted octanol–water partition coefficient (Wildman–Crippen LogP) is 7.85. The number of benzene rings is 4. The molecular formula is C30H32N4. The van der Waals surface area contributed by atoms with Crippen LogP contribution in [0.3, 0.4) is 0 Å². The predicted molar refractivity (Wildman–Crippen MR) is 147 cm³/mol. The minimum atomic E-state index is 0.992. The third kappa shape index (κ3) is 3.56. The number of rotatable bonds is 2. The molecule has 0 bridgehead atoms. The zero-order chi connectivity index (χ0) is 23.7. The van der Waals surface area contributed by atoms with Gasteiger partial charge in [-0.05, 0) is 62.4 Å². The first kappa shape index (κ1) is 21.9. The van der Waals surface area contributed by atoms with Gasteiger partial charge in [-0.3, -0.25) is 0 Å². The third-order valence-electron chi connectivity index (χ3n) is 6.77. The summed E-state index contributed by atoms with van der Waals surface area (Å²) in [5.74, 6) is 0. The average Bonchev–Trinajstić information content (AvgIpc) is 2.90. The molecule has 0 amide bonds. The molecule has 2 aliphatic rings. The third-order valence-corrected chi connectivity index (χ3v) is 6.77. The fourth-order valence-electron chi connectivity index (χ4n) is 5.10. The van der Waals surface area contributed by atoms with Crippen LogP contribution >= 0.6 is 0 Å². The Bertz CT molecular complexity index is 1110. The lowest BCUT2D eigenvalue weighted by Crippen LogP contribution is -2.29. The van der Waals surface area contributed by atoms with Crippen molar-refractivity contribution in [3.63, 3.8) is 0 Å². The van der Waals surface area contributed by atoms with Crippen LogP contribution in [0.5, 0.6) is 0 Å². The van der Waals surface area contributed by atoms with E-state index < -0.39 is 0 Å². The molecule has 2 aliphatic heterocycles. The minimum absolute atomic E-state index is 0.992. The van der Waals surface area contributed by atoms with Crippen LogP contribution in [-0.2, 0) is 0 Å². The summed E-state index contributed by atoms with van der Waals surface area (Å²) >= 11 is 0. The van der Waals surface area contributed by atoms with Gasteiger partial charge >= 0.3 is 0 Å². The van der Waals surface area contributed by atoms with Crippen molar-refractivity contribution >= 4 is 45.5 Å². The van der Waals surface area contributed by atoms with Gasteiger partial charge in [-0.2, -0.15) is 0 Å². The maximum Gasteiger partial charge on any atom is 0.0652 e. The van der Waals surface area contributed by atoms with E-state index in [4.69, 9.17) is 0 Å². The van der Waals surface area contributed by atoms with Gasteiger partial charge in [0.1, 0.15) is 0 Å². The molecule has 4 aromatic rings. The summed E-state index contributed by atoms with van der Waals surface area (Å²) in [7, 11) is 4.23. The Morgan fingerprint density at radius 3 is 0.794 bits per heavy atom. The van der Waals surface area contributed by atoms with E-state index in [1.165, 1.54) is 45.5 Å². The van der Waals surface area contributed by atoms with E-state index >= 15 is 0 Å². The van der Waals surface area contributed by atoms with Gasteiger partial charge in [0, 0.05) is 27.2 Å². The zero-order valence-corrected chi connectivity index (χ0v) is 20.4. The van der Waals surface area contributed by atoms with Crippen molar-refractivity contribution in [3.05, 3.63) is 97.1 Å². The van der Waals surface area contributed by atoms with Gasteiger partial charge in [-0.25, -0.2) is 0 Å². The first-order chi connectivity index (χ1) is 16.7. The summed E-state index contributed by atoms with van der Waals surface area (Å²) < 4.78 is 0. The van der Waals surface area contributed by atoms with Crippen molar-refractivity contribution in [1.29, 1.82) is 0 Å². The smallest absolute Gasteiger partial charge is 0.0652 e. The second kappa shape index (κ2) is 9.14. The molecule has 0 aromatic heterocycles. The summed E-state index contributed by atoms with van der Waals surface area (Å²) in [6, 6.07) is 34.2. The second-order valence-electron chi connectivity index (χ2n) is 8.56. The molecule has 0 spiro atoms. The molecule has 0 atom stereocenters. The summed E-state index contributed by atoms with van der Waals surface area (Å²) in [4.78, 5) is 9.25. The number of anilines is 8. The topological polar surface area (TPSA) is 13.0 Å². The fraction of sp³-hybridized carbons (Fsp3) is 0.200. The Morgan fingerprint density at radius 2 is 0.588 bits per heavy atom. The molecule has 0 unspecified atom stereocenters. The van der Waals surface area contributed by atoms with Crippen molar-refractivity contribution in [2.75, 3.05) is 46.8 Å². The molecule has 0 radical (unpaired) electrons. The molecule has 2 heterocycles. The highest BCUT2D eigenvalue weighted by Crippen LogP contribution is 2.47. The van der Waals surface area contributed by atoms with Crippen LogP contribution in [0.15, 0.2) is 97.1 Å². The van der Waals surface area contributed by atoms with E-state index in [1.54, 1.807) is 0 Å². The van der Waals surface area contributed by atoms with Crippen LogP contribution < -0.4 is 19.6 Å². The number of fused-ring (bicyclic) bond motifs is 4. The minimum Gasteiger partial charge on any atom is -0.341 e. The molecule has 0 fully saturated rings. The Hall–Kier alpha value is -3.92. The molecular weight excluding hydrogens is 416 g/mol. The van der Waals surface area contributed by atoms with Gasteiger partial charge in [-0.1, -0.05) is 48.5 Å². The van der Waals surface area contributed by atoms with E-state index in [0.717, 1.165) is 13.1 Å². The Balaban J connectivity index is 0.000000142. The monoisotopic (exact) mass is 448 g/mol. The quantitative estimate of drug-likeness (QED) is 0.309. The second-order valence-corrected chi connectivity index (χ2v) is 8.56. The standard InChI is InChI=1S/C16H18N2.C14H14N2/c1-3-17-13-9-5-7-11-15(13)18(4-2)16-12-8-6-10-14(16)17;1-15-11-7-3-5-9-13(11)16(2)14-10-6-4-8-12(14)15/h5-12H,3-4H2,1-2H3;3-10H,1-2H3. The molecule has 4 aromatic carbocycles. The lowest BCUT2D eigenvalue weighted by atomic mass is 10.1. The number of para-hydroxylation sites is 8. The van der Waals surface area contributed by atoms with Crippen molar-refractivity contribution < 1.29 is 0 Å². The highest BCUT2D eigenvalue weighted by atomic mass is 15.3. The number of nitrogens with zero attached hydrogens (tertiary/aromatic N) is 4. The van der Waals surface area contributed by atoms with Gasteiger partial charge in [0.25, 0.3) is 0 Å². The molecule has 6 rings (SSSR count). The first-order valence-electron chi connectivity index (χ1n) is 12.0. The molecule has 0 saturated heterocycles. The maximum absolute atomic E-state index is 2.39. The van der Waals surface area contributed by atoms with Gasteiger partial charge in [0.15, 0.2) is 0 Å². The highest BCUT2D eigenvalue weighted by Gasteiger charge is 2.25. The Kier molecular flexibility index (Phi) is 5.89. The normalized spacial score (nSPS) is 13.3. The highest BCUT2D eigenvalue weighted by molar-refractivity contribution is 5.93. The Labute approximate surface area is 203 Å². The van der Waals surface area contributed by atoms with Gasteiger partial charge in [0.05, 0.1) is 45.5 Å². The molecule has 4 nitrogen and oxygen atoms in total. The molecule has 4 heteroatoms. The number of hydrogen-bond donors (Lipinski definition) is 0. The lowest BCUT2D eigenvalue weighted by Gasteiger charge is -2.39.